The van der Waals surface area contributed by atoms with Crippen molar-refractivity contribution in [3.63, 3.8) is 0 Å². The van der Waals surface area contributed by atoms with Crippen LogP contribution < -0.4 is 15.0 Å². The van der Waals surface area contributed by atoms with Crippen molar-refractivity contribution in [2.75, 3.05) is 44.7 Å². The summed E-state index contributed by atoms with van der Waals surface area (Å²) in [6.45, 7) is 8.12. The lowest BCUT2D eigenvalue weighted by Crippen LogP contribution is -2.52. The predicted octanol–water partition coefficient (Wildman–Crippen LogP) is 2.62. The summed E-state index contributed by atoms with van der Waals surface area (Å²) >= 11 is 0. The van der Waals surface area contributed by atoms with Crippen LogP contribution in [-0.2, 0) is 13.1 Å². The van der Waals surface area contributed by atoms with E-state index >= 15 is 0 Å². The maximum atomic E-state index is 5.27. The molecular weight excluding hydrogens is 402 g/mol. The number of piperazine rings is 1. The van der Waals surface area contributed by atoms with Crippen molar-refractivity contribution in [3.05, 3.63) is 72.3 Å². The average molecular weight is 434 g/mol. The van der Waals surface area contributed by atoms with Crippen molar-refractivity contribution >= 4 is 11.6 Å². The fourth-order valence-electron chi connectivity index (χ4n) is 3.89. The molecule has 0 atom stereocenters. The van der Waals surface area contributed by atoms with Gasteiger partial charge in [-0.15, -0.1) is 0 Å². The van der Waals surface area contributed by atoms with Gasteiger partial charge in [0.1, 0.15) is 18.4 Å². The average Bonchev–Trinajstić information content (AvgIpc) is 3.35. The van der Waals surface area contributed by atoms with E-state index < -0.39 is 0 Å². The minimum Gasteiger partial charge on any atom is -0.497 e. The van der Waals surface area contributed by atoms with Gasteiger partial charge in [-0.05, 0) is 42.3 Å². The normalized spacial score (nSPS) is 14.5. The molecule has 8 heteroatoms. The molecular formula is C24H31N7O. The third-order valence-corrected chi connectivity index (χ3v) is 5.57. The van der Waals surface area contributed by atoms with Crippen LogP contribution in [0.25, 0.3) is 0 Å². The first-order chi connectivity index (χ1) is 15.7. The Balaban J connectivity index is 1.37. The van der Waals surface area contributed by atoms with Gasteiger partial charge < -0.3 is 19.9 Å². The Labute approximate surface area is 189 Å². The number of hydrogen-bond donors (Lipinski definition) is 1. The third-order valence-electron chi connectivity index (χ3n) is 5.57. The highest BCUT2D eigenvalue weighted by Crippen LogP contribution is 2.20. The van der Waals surface area contributed by atoms with Crippen molar-refractivity contribution in [2.24, 2.45) is 4.99 Å². The number of hydrogen-bond acceptors (Lipinski definition) is 5. The third kappa shape index (κ3) is 5.57. The van der Waals surface area contributed by atoms with E-state index in [1.165, 1.54) is 16.8 Å². The Hall–Kier alpha value is -3.55. The minimum absolute atomic E-state index is 0.645. The summed E-state index contributed by atoms with van der Waals surface area (Å²) < 4.78 is 7.10. The summed E-state index contributed by atoms with van der Waals surface area (Å²) in [5.41, 5.74) is 3.62. The number of anilines is 1. The minimum atomic E-state index is 0.645. The summed E-state index contributed by atoms with van der Waals surface area (Å²) in [6.07, 6.45) is 3.30. The van der Waals surface area contributed by atoms with E-state index in [9.17, 15) is 0 Å². The lowest BCUT2D eigenvalue weighted by atomic mass is 10.1. The van der Waals surface area contributed by atoms with Crippen molar-refractivity contribution in [1.29, 1.82) is 0 Å². The molecule has 168 valence electrons. The molecule has 1 aliphatic rings. The number of methoxy groups -OCH3 is 1. The SMILES string of the molecule is CCNC(=NCc1cccc(Cn2cncn2)c1)N1CCN(c2ccc(OC)cc2)CC1. The van der Waals surface area contributed by atoms with Crippen LogP contribution in [0.4, 0.5) is 5.69 Å². The fraction of sp³-hybridized carbons (Fsp3) is 0.375. The molecule has 0 amide bonds. The molecule has 4 rings (SSSR count). The van der Waals surface area contributed by atoms with Crippen LogP contribution in [0, 0.1) is 0 Å². The predicted molar refractivity (Wildman–Crippen MR) is 127 cm³/mol. The highest BCUT2D eigenvalue weighted by molar-refractivity contribution is 5.80. The smallest absolute Gasteiger partial charge is 0.194 e. The van der Waals surface area contributed by atoms with Gasteiger partial charge >= 0.3 is 0 Å². The van der Waals surface area contributed by atoms with E-state index in [-0.39, 0.29) is 0 Å². The second-order valence-corrected chi connectivity index (χ2v) is 7.76. The van der Waals surface area contributed by atoms with Crippen molar-refractivity contribution in [2.45, 2.75) is 20.0 Å². The standard InChI is InChI=1S/C24H31N7O/c1-3-26-24(27-16-20-5-4-6-21(15-20)17-31-19-25-18-28-31)30-13-11-29(12-14-30)22-7-9-23(32-2)10-8-22/h4-10,15,18-19H,3,11-14,16-17H2,1-2H3,(H,26,27). The number of aliphatic imine (C=N–C) groups is 1. The molecule has 1 saturated heterocycles. The van der Waals surface area contributed by atoms with Gasteiger partial charge in [-0.1, -0.05) is 24.3 Å². The van der Waals surface area contributed by atoms with Gasteiger partial charge in [0, 0.05) is 38.4 Å². The largest absolute Gasteiger partial charge is 0.497 e. The van der Waals surface area contributed by atoms with Crippen molar-refractivity contribution in [1.82, 2.24) is 25.0 Å². The highest BCUT2D eigenvalue weighted by atomic mass is 16.5. The lowest BCUT2D eigenvalue weighted by Gasteiger charge is -2.37. The van der Waals surface area contributed by atoms with Crippen LogP contribution in [0.15, 0.2) is 66.2 Å². The Morgan fingerprint density at radius 2 is 1.84 bits per heavy atom. The molecule has 8 nitrogen and oxygen atoms in total. The molecule has 3 aromatic rings. The molecule has 1 N–H and O–H groups in total. The van der Waals surface area contributed by atoms with Crippen LogP contribution in [0.2, 0.25) is 0 Å². The van der Waals surface area contributed by atoms with Crippen LogP contribution in [0.1, 0.15) is 18.1 Å². The number of guanidine groups is 1. The molecule has 0 saturated carbocycles. The van der Waals surface area contributed by atoms with Gasteiger partial charge in [0.2, 0.25) is 0 Å². The van der Waals surface area contributed by atoms with Crippen LogP contribution >= 0.6 is 0 Å². The molecule has 0 spiro atoms. The number of nitrogens with zero attached hydrogens (tertiary/aromatic N) is 6. The van der Waals surface area contributed by atoms with Crippen molar-refractivity contribution < 1.29 is 4.74 Å². The first kappa shape index (κ1) is 21.7. The number of nitrogens with one attached hydrogen (secondary N) is 1. The molecule has 2 heterocycles. The Morgan fingerprint density at radius 3 is 2.53 bits per heavy atom. The molecule has 1 fully saturated rings. The van der Waals surface area contributed by atoms with E-state index in [1.807, 2.05) is 16.8 Å². The van der Waals surface area contributed by atoms with E-state index in [0.29, 0.717) is 13.1 Å². The lowest BCUT2D eigenvalue weighted by molar-refractivity contribution is 0.372. The summed E-state index contributed by atoms with van der Waals surface area (Å²) in [5.74, 6) is 1.86. The quantitative estimate of drug-likeness (QED) is 0.456. The summed E-state index contributed by atoms with van der Waals surface area (Å²) in [5, 5.41) is 7.65. The van der Waals surface area contributed by atoms with Gasteiger partial charge in [0.05, 0.1) is 20.2 Å². The summed E-state index contributed by atoms with van der Waals surface area (Å²) in [7, 11) is 1.70. The second kappa shape index (κ2) is 10.7. The number of rotatable bonds is 7. The van der Waals surface area contributed by atoms with Crippen LogP contribution in [-0.4, -0.2) is 65.5 Å². The van der Waals surface area contributed by atoms with E-state index in [2.05, 4.69) is 68.5 Å². The summed E-state index contributed by atoms with van der Waals surface area (Å²) in [6, 6.07) is 16.8. The monoisotopic (exact) mass is 433 g/mol. The molecule has 0 unspecified atom stereocenters. The maximum absolute atomic E-state index is 5.27. The Kier molecular flexibility index (Phi) is 7.22. The highest BCUT2D eigenvalue weighted by Gasteiger charge is 2.20. The zero-order chi connectivity index (χ0) is 22.2. The Bertz CT molecular complexity index is 993. The molecule has 0 bridgehead atoms. The van der Waals surface area contributed by atoms with Crippen molar-refractivity contribution in [3.8, 4) is 5.75 Å². The fourth-order valence-corrected chi connectivity index (χ4v) is 3.89. The summed E-state index contributed by atoms with van der Waals surface area (Å²) in [4.78, 5) is 13.7. The zero-order valence-corrected chi connectivity index (χ0v) is 18.8. The first-order valence-electron chi connectivity index (χ1n) is 11.1. The first-order valence-corrected chi connectivity index (χ1v) is 11.1. The molecule has 1 aliphatic heterocycles. The van der Waals surface area contributed by atoms with Gasteiger partial charge in [-0.25, -0.2) is 14.7 Å². The number of ether oxygens (including phenoxy) is 1. The molecule has 32 heavy (non-hydrogen) atoms. The zero-order valence-electron chi connectivity index (χ0n) is 18.8. The Morgan fingerprint density at radius 1 is 1.06 bits per heavy atom. The van der Waals surface area contributed by atoms with E-state index in [1.54, 1.807) is 19.8 Å². The van der Waals surface area contributed by atoms with E-state index in [0.717, 1.165) is 44.4 Å². The van der Waals surface area contributed by atoms with Gasteiger partial charge in [-0.2, -0.15) is 5.10 Å². The van der Waals surface area contributed by atoms with Gasteiger partial charge in [0.25, 0.3) is 0 Å². The molecule has 0 radical (unpaired) electrons. The second-order valence-electron chi connectivity index (χ2n) is 7.76. The molecule has 1 aromatic heterocycles. The van der Waals surface area contributed by atoms with Crippen LogP contribution in [0.5, 0.6) is 5.75 Å². The molecule has 2 aromatic carbocycles. The molecule has 0 aliphatic carbocycles. The topological polar surface area (TPSA) is 70.8 Å². The van der Waals surface area contributed by atoms with E-state index in [4.69, 9.17) is 9.73 Å². The van der Waals surface area contributed by atoms with Crippen LogP contribution in [0.3, 0.4) is 0 Å². The number of benzene rings is 2. The maximum Gasteiger partial charge on any atom is 0.194 e. The van der Waals surface area contributed by atoms with Gasteiger partial charge in [0.15, 0.2) is 5.96 Å². The van der Waals surface area contributed by atoms with Gasteiger partial charge in [-0.3, -0.25) is 0 Å². The number of aromatic nitrogens is 3.